The number of benzene rings is 2. The zero-order valence-corrected chi connectivity index (χ0v) is 12.9. The highest BCUT2D eigenvalue weighted by Crippen LogP contribution is 2.62. The molecule has 4 rings (SSSR count). The Morgan fingerprint density at radius 2 is 1.59 bits per heavy atom. The number of phosphoric acid groups is 1. The molecule has 0 saturated heterocycles. The quantitative estimate of drug-likeness (QED) is 0.615. The van der Waals surface area contributed by atoms with E-state index in [1.165, 1.54) is 0 Å². The first-order valence-electron chi connectivity index (χ1n) is 6.79. The zero-order valence-electron chi connectivity index (χ0n) is 12.0. The highest BCUT2D eigenvalue weighted by molar-refractivity contribution is 7.48. The molecule has 0 spiro atoms. The monoisotopic (exact) mass is 320 g/mol. The van der Waals surface area contributed by atoms with Crippen molar-refractivity contribution >= 4 is 7.82 Å². The SMILES string of the molecule is Cc1c(Cc2ccccc2)c2c3c(C)c1OOP(=O)(OO2)O3. The Kier molecular flexibility index (Phi) is 2.94. The summed E-state index contributed by atoms with van der Waals surface area (Å²) in [5.74, 6) is 1.25. The first-order valence-corrected chi connectivity index (χ1v) is 8.25. The van der Waals surface area contributed by atoms with E-state index in [1.807, 2.05) is 37.3 Å². The third kappa shape index (κ3) is 2.00. The summed E-state index contributed by atoms with van der Waals surface area (Å²) in [7, 11) is -3.89. The Bertz CT molecular complexity index is 802. The third-order valence-corrected chi connectivity index (χ3v) is 4.73. The summed E-state index contributed by atoms with van der Waals surface area (Å²) in [6.45, 7) is 3.68. The van der Waals surface area contributed by atoms with Gasteiger partial charge in [-0.1, -0.05) is 39.7 Å². The van der Waals surface area contributed by atoms with Gasteiger partial charge >= 0.3 is 7.82 Å². The molecular weight excluding hydrogens is 307 g/mol. The van der Waals surface area contributed by atoms with Crippen molar-refractivity contribution < 1.29 is 28.2 Å². The second-order valence-electron chi connectivity index (χ2n) is 5.23. The Morgan fingerprint density at radius 3 is 2.32 bits per heavy atom. The molecule has 0 aliphatic carbocycles. The average Bonchev–Trinajstić information content (AvgIpc) is 2.56. The highest BCUT2D eigenvalue weighted by atomic mass is 31.2. The Balaban J connectivity index is 1.90. The molecule has 2 aromatic carbocycles. The Labute approximate surface area is 127 Å². The van der Waals surface area contributed by atoms with Gasteiger partial charge in [-0.2, -0.15) is 0 Å². The van der Waals surface area contributed by atoms with Crippen LogP contribution in [0.25, 0.3) is 0 Å². The molecule has 22 heavy (non-hydrogen) atoms. The fourth-order valence-corrected chi connectivity index (χ4v) is 3.52. The van der Waals surface area contributed by atoms with Crippen LogP contribution in [0.15, 0.2) is 30.3 Å². The lowest BCUT2D eigenvalue weighted by Gasteiger charge is -2.22. The van der Waals surface area contributed by atoms with Crippen LogP contribution in [0.4, 0.5) is 0 Å². The summed E-state index contributed by atoms with van der Waals surface area (Å²) in [4.78, 5) is 10.4. The molecule has 0 fully saturated rings. The molecule has 2 aliphatic heterocycles. The highest BCUT2D eigenvalue weighted by Gasteiger charge is 2.45. The van der Waals surface area contributed by atoms with Crippen LogP contribution in [-0.4, -0.2) is 0 Å². The summed E-state index contributed by atoms with van der Waals surface area (Å²) in [5, 5.41) is 0. The van der Waals surface area contributed by atoms with Gasteiger partial charge in [0.2, 0.25) is 5.75 Å². The van der Waals surface area contributed by atoms with Crippen molar-refractivity contribution in [3.63, 3.8) is 0 Å². The van der Waals surface area contributed by atoms with E-state index in [1.54, 1.807) is 6.92 Å². The van der Waals surface area contributed by atoms with Gasteiger partial charge in [-0.25, -0.2) is 4.57 Å². The van der Waals surface area contributed by atoms with Gasteiger partial charge in [0.25, 0.3) is 0 Å². The van der Waals surface area contributed by atoms with Crippen molar-refractivity contribution in [1.29, 1.82) is 0 Å². The molecule has 2 aromatic rings. The molecule has 114 valence electrons. The molecule has 0 radical (unpaired) electrons. The summed E-state index contributed by atoms with van der Waals surface area (Å²) < 4.78 is 27.0. The van der Waals surface area contributed by atoms with Crippen LogP contribution >= 0.6 is 7.82 Å². The molecule has 0 amide bonds. The van der Waals surface area contributed by atoms with Gasteiger partial charge < -0.3 is 14.3 Å². The molecule has 6 nitrogen and oxygen atoms in total. The number of fused-ring (bicyclic) bond motifs is 2. The number of hydrogen-bond donors (Lipinski definition) is 0. The van der Waals surface area contributed by atoms with Crippen LogP contribution < -0.4 is 14.3 Å². The second-order valence-corrected chi connectivity index (χ2v) is 6.61. The van der Waals surface area contributed by atoms with Gasteiger partial charge in [0.05, 0.1) is 0 Å². The minimum atomic E-state index is -3.89. The smallest absolute Gasteiger partial charge is 0.396 e. The van der Waals surface area contributed by atoms with Crippen LogP contribution in [0, 0.1) is 13.8 Å². The molecule has 1 unspecified atom stereocenters. The van der Waals surface area contributed by atoms with E-state index in [0.29, 0.717) is 29.2 Å². The molecule has 0 N–H and O–H groups in total. The van der Waals surface area contributed by atoms with Crippen molar-refractivity contribution in [3.05, 3.63) is 52.6 Å². The maximum Gasteiger partial charge on any atom is 0.604 e. The van der Waals surface area contributed by atoms with Crippen molar-refractivity contribution in [3.8, 4) is 17.2 Å². The zero-order chi connectivity index (χ0) is 15.3. The summed E-state index contributed by atoms with van der Waals surface area (Å²) >= 11 is 0. The van der Waals surface area contributed by atoms with E-state index >= 15 is 0 Å². The van der Waals surface area contributed by atoms with Crippen LogP contribution in [0.5, 0.6) is 17.2 Å². The molecule has 3 bridgehead atoms. The van der Waals surface area contributed by atoms with Crippen LogP contribution in [0.2, 0.25) is 0 Å². The summed E-state index contributed by atoms with van der Waals surface area (Å²) in [5.41, 5.74) is 3.45. The standard InChI is InChI=1S/C15H13O6P/c1-9-12(8-11-6-4-3-5-7-11)15-14-10(2)13(9)17-20-22(16,19-14)21-18-15/h3-7H,8H2,1-2H3. The molecule has 1 atom stereocenters. The summed E-state index contributed by atoms with van der Waals surface area (Å²) in [6, 6.07) is 9.91. The summed E-state index contributed by atoms with van der Waals surface area (Å²) in [6.07, 6.45) is 0.600. The van der Waals surface area contributed by atoms with E-state index in [2.05, 4.69) is 0 Å². The lowest BCUT2D eigenvalue weighted by molar-refractivity contribution is -0.189. The van der Waals surface area contributed by atoms with Gasteiger partial charge in [0, 0.05) is 23.1 Å². The molecule has 2 heterocycles. The Hall–Kier alpha value is -2.01. The average molecular weight is 320 g/mol. The minimum Gasteiger partial charge on any atom is -0.396 e. The molecular formula is C15H13O6P. The van der Waals surface area contributed by atoms with E-state index in [9.17, 15) is 4.57 Å². The Morgan fingerprint density at radius 1 is 0.909 bits per heavy atom. The van der Waals surface area contributed by atoms with E-state index < -0.39 is 7.82 Å². The fourth-order valence-electron chi connectivity index (χ4n) is 2.66. The third-order valence-electron chi connectivity index (χ3n) is 3.81. The van der Waals surface area contributed by atoms with E-state index in [-0.39, 0.29) is 0 Å². The van der Waals surface area contributed by atoms with Crippen LogP contribution in [-0.2, 0) is 20.3 Å². The van der Waals surface area contributed by atoms with Gasteiger partial charge in [0.15, 0.2) is 11.5 Å². The molecule has 0 aromatic heterocycles. The van der Waals surface area contributed by atoms with Gasteiger partial charge in [-0.3, -0.25) is 0 Å². The van der Waals surface area contributed by atoms with Gasteiger partial charge in [-0.05, 0) is 19.4 Å². The van der Waals surface area contributed by atoms with Crippen molar-refractivity contribution in [2.24, 2.45) is 0 Å². The van der Waals surface area contributed by atoms with E-state index in [4.69, 9.17) is 23.6 Å². The van der Waals surface area contributed by atoms with Crippen LogP contribution in [0.1, 0.15) is 22.3 Å². The van der Waals surface area contributed by atoms with Crippen LogP contribution in [0.3, 0.4) is 0 Å². The fraction of sp³-hybridized carbons (Fsp3) is 0.200. The topological polar surface area (TPSA) is 63.2 Å². The van der Waals surface area contributed by atoms with Crippen molar-refractivity contribution in [2.75, 3.05) is 0 Å². The lowest BCUT2D eigenvalue weighted by Crippen LogP contribution is -2.11. The maximum atomic E-state index is 12.1. The number of rotatable bonds is 2. The first-order chi connectivity index (χ1) is 10.6. The second kappa shape index (κ2) is 4.74. The van der Waals surface area contributed by atoms with Gasteiger partial charge in [-0.15, -0.1) is 0 Å². The van der Waals surface area contributed by atoms with Crippen molar-refractivity contribution in [2.45, 2.75) is 20.3 Å². The van der Waals surface area contributed by atoms with Gasteiger partial charge in [0.1, 0.15) is 0 Å². The predicted molar refractivity (Wildman–Crippen MR) is 76.8 cm³/mol. The minimum absolute atomic E-state index is 0.346. The number of hydrogen-bond acceptors (Lipinski definition) is 6. The maximum absolute atomic E-state index is 12.1. The molecule has 0 saturated carbocycles. The predicted octanol–water partition coefficient (Wildman–Crippen LogP) is 4.03. The molecule has 7 heteroatoms. The normalized spacial score (nSPS) is 21.5. The lowest BCUT2D eigenvalue weighted by atomic mass is 9.96. The first kappa shape index (κ1) is 13.6. The van der Waals surface area contributed by atoms with E-state index in [0.717, 1.165) is 16.7 Å². The van der Waals surface area contributed by atoms with Crippen molar-refractivity contribution in [1.82, 2.24) is 0 Å². The largest absolute Gasteiger partial charge is 0.604 e. The molecule has 2 aliphatic rings.